The van der Waals surface area contributed by atoms with Crippen LogP contribution in [0.1, 0.15) is 33.3 Å². The maximum atomic E-state index is 12.8. The van der Waals surface area contributed by atoms with Gasteiger partial charge in [-0.3, -0.25) is 4.79 Å². The van der Waals surface area contributed by atoms with E-state index in [1.54, 1.807) is 0 Å². The van der Waals surface area contributed by atoms with Crippen LogP contribution in [-0.2, 0) is 0 Å². The van der Waals surface area contributed by atoms with E-state index in [1.807, 2.05) is 35.7 Å². The molecular weight excluding hydrogens is 324 g/mol. The molecule has 5 heteroatoms. The second-order valence-corrected chi connectivity index (χ2v) is 9.47. The van der Waals surface area contributed by atoms with Gasteiger partial charge in [-0.2, -0.15) is 0 Å². The fourth-order valence-corrected chi connectivity index (χ4v) is 6.80. The van der Waals surface area contributed by atoms with Crippen molar-refractivity contribution in [2.45, 2.75) is 17.4 Å². The van der Waals surface area contributed by atoms with E-state index in [0.29, 0.717) is 4.58 Å². The van der Waals surface area contributed by atoms with Gasteiger partial charge in [0.25, 0.3) is 5.91 Å². The third kappa shape index (κ3) is 3.42. The summed E-state index contributed by atoms with van der Waals surface area (Å²) in [5.41, 5.74) is 2.21. The number of carbonyl (C=O) groups is 1. The SMILES string of the molecule is O=C(c1ccc(C2SCCS2)cc1)N1CC[C@@H]2CNC[C@@H]2CC1. The molecule has 1 aromatic carbocycles. The Labute approximate surface area is 147 Å². The minimum atomic E-state index is 0.219. The lowest BCUT2D eigenvalue weighted by Crippen LogP contribution is -2.32. The largest absolute Gasteiger partial charge is 0.339 e. The fraction of sp³-hybridized carbons (Fsp3) is 0.611. The summed E-state index contributed by atoms with van der Waals surface area (Å²) in [7, 11) is 0. The standard InChI is InChI=1S/C18H24N2OS2/c21-17(20-7-5-15-11-19-12-16(15)6-8-20)13-1-3-14(4-2-13)18-22-9-10-23-18/h1-4,15-16,18-19H,5-12H2/t15-,16+. The van der Waals surface area contributed by atoms with E-state index in [9.17, 15) is 4.79 Å². The van der Waals surface area contributed by atoms with Crippen molar-refractivity contribution < 1.29 is 4.79 Å². The van der Waals surface area contributed by atoms with Gasteiger partial charge in [0.1, 0.15) is 0 Å². The van der Waals surface area contributed by atoms with Crippen molar-refractivity contribution in [3.63, 3.8) is 0 Å². The molecule has 0 radical (unpaired) electrons. The van der Waals surface area contributed by atoms with Crippen LogP contribution in [0.4, 0.5) is 0 Å². The van der Waals surface area contributed by atoms with E-state index in [-0.39, 0.29) is 5.91 Å². The topological polar surface area (TPSA) is 32.3 Å². The quantitative estimate of drug-likeness (QED) is 0.889. The molecule has 3 aliphatic heterocycles. The van der Waals surface area contributed by atoms with Gasteiger partial charge in [-0.25, -0.2) is 0 Å². The second-order valence-electron chi connectivity index (χ2n) is 6.74. The number of amides is 1. The molecule has 1 aromatic rings. The van der Waals surface area contributed by atoms with Crippen LogP contribution in [0.3, 0.4) is 0 Å². The third-order valence-electron chi connectivity index (χ3n) is 5.36. The Balaban J connectivity index is 1.42. The van der Waals surface area contributed by atoms with Crippen LogP contribution < -0.4 is 5.32 Å². The summed E-state index contributed by atoms with van der Waals surface area (Å²) in [4.78, 5) is 14.9. The second kappa shape index (κ2) is 7.08. The highest BCUT2D eigenvalue weighted by Crippen LogP contribution is 2.45. The molecule has 1 amide bonds. The number of nitrogens with zero attached hydrogens (tertiary/aromatic N) is 1. The van der Waals surface area contributed by atoms with Gasteiger partial charge in [0, 0.05) is 30.2 Å². The number of hydrogen-bond acceptors (Lipinski definition) is 4. The molecule has 1 N–H and O–H groups in total. The Morgan fingerprint density at radius 3 is 2.22 bits per heavy atom. The summed E-state index contributed by atoms with van der Waals surface area (Å²) in [6, 6.07) is 8.37. The van der Waals surface area contributed by atoms with Crippen LogP contribution >= 0.6 is 23.5 Å². The molecule has 124 valence electrons. The Morgan fingerprint density at radius 1 is 1.00 bits per heavy atom. The maximum absolute atomic E-state index is 12.8. The number of rotatable bonds is 2. The van der Waals surface area contributed by atoms with Crippen LogP contribution in [0, 0.1) is 11.8 Å². The number of fused-ring (bicyclic) bond motifs is 1. The van der Waals surface area contributed by atoms with Gasteiger partial charge in [0.2, 0.25) is 0 Å². The Kier molecular flexibility index (Phi) is 4.88. The van der Waals surface area contributed by atoms with E-state index in [2.05, 4.69) is 22.3 Å². The summed E-state index contributed by atoms with van der Waals surface area (Å²) in [6.45, 7) is 4.10. The van der Waals surface area contributed by atoms with E-state index >= 15 is 0 Å². The molecule has 3 aliphatic rings. The molecule has 0 saturated carbocycles. The Hall–Kier alpha value is -0.650. The average Bonchev–Trinajstić information content (AvgIpc) is 3.24. The Bertz CT molecular complexity index is 543. The van der Waals surface area contributed by atoms with Crippen LogP contribution in [0.15, 0.2) is 24.3 Å². The molecule has 3 nitrogen and oxygen atoms in total. The molecule has 2 atom stereocenters. The first-order chi connectivity index (χ1) is 11.3. The van der Waals surface area contributed by atoms with Crippen LogP contribution in [-0.4, -0.2) is 48.5 Å². The lowest BCUT2D eigenvalue weighted by molar-refractivity contribution is 0.0758. The molecule has 3 heterocycles. The highest BCUT2D eigenvalue weighted by atomic mass is 32.2. The number of likely N-dealkylation sites (tertiary alicyclic amines) is 1. The minimum absolute atomic E-state index is 0.219. The first kappa shape index (κ1) is 15.9. The predicted octanol–water partition coefficient (Wildman–Crippen LogP) is 3.24. The molecule has 0 spiro atoms. The molecular formula is C18H24N2OS2. The van der Waals surface area contributed by atoms with Crippen molar-refractivity contribution in [1.82, 2.24) is 10.2 Å². The van der Waals surface area contributed by atoms with E-state index < -0.39 is 0 Å². The normalized spacial score (nSPS) is 28.6. The highest BCUT2D eigenvalue weighted by molar-refractivity contribution is 8.19. The van der Waals surface area contributed by atoms with Crippen molar-refractivity contribution in [2.24, 2.45) is 11.8 Å². The molecule has 3 saturated heterocycles. The number of thioether (sulfide) groups is 2. The summed E-state index contributed by atoms with van der Waals surface area (Å²) in [5, 5.41) is 3.49. The monoisotopic (exact) mass is 348 g/mol. The summed E-state index contributed by atoms with van der Waals surface area (Å²) in [6.07, 6.45) is 2.30. The summed E-state index contributed by atoms with van der Waals surface area (Å²) >= 11 is 4.02. The van der Waals surface area contributed by atoms with Gasteiger partial charge in [-0.1, -0.05) is 12.1 Å². The smallest absolute Gasteiger partial charge is 0.253 e. The van der Waals surface area contributed by atoms with Gasteiger partial charge in [-0.15, -0.1) is 23.5 Å². The highest BCUT2D eigenvalue weighted by Gasteiger charge is 2.31. The van der Waals surface area contributed by atoms with Gasteiger partial charge in [0.05, 0.1) is 4.58 Å². The molecule has 4 rings (SSSR count). The van der Waals surface area contributed by atoms with E-state index in [0.717, 1.165) is 56.4 Å². The zero-order valence-electron chi connectivity index (χ0n) is 13.4. The van der Waals surface area contributed by atoms with Crippen molar-refractivity contribution >= 4 is 29.4 Å². The summed E-state index contributed by atoms with van der Waals surface area (Å²) in [5.74, 6) is 4.23. The lowest BCUT2D eigenvalue weighted by Gasteiger charge is -2.21. The van der Waals surface area contributed by atoms with Crippen molar-refractivity contribution in [3.8, 4) is 0 Å². The Morgan fingerprint density at radius 2 is 1.61 bits per heavy atom. The fourth-order valence-electron chi connectivity index (χ4n) is 3.94. The third-order valence-corrected chi connectivity index (χ3v) is 8.46. The van der Waals surface area contributed by atoms with Gasteiger partial charge in [0.15, 0.2) is 0 Å². The van der Waals surface area contributed by atoms with Crippen LogP contribution in [0.25, 0.3) is 0 Å². The molecule has 0 aromatic heterocycles. The van der Waals surface area contributed by atoms with Crippen LogP contribution in [0.2, 0.25) is 0 Å². The van der Waals surface area contributed by atoms with Crippen molar-refractivity contribution in [2.75, 3.05) is 37.7 Å². The minimum Gasteiger partial charge on any atom is -0.339 e. The molecule has 0 unspecified atom stereocenters. The van der Waals surface area contributed by atoms with Crippen LogP contribution in [0.5, 0.6) is 0 Å². The average molecular weight is 349 g/mol. The van der Waals surface area contributed by atoms with Crippen molar-refractivity contribution in [3.05, 3.63) is 35.4 Å². The predicted molar refractivity (Wildman–Crippen MR) is 99.1 cm³/mol. The van der Waals surface area contributed by atoms with E-state index in [4.69, 9.17) is 0 Å². The number of carbonyl (C=O) groups excluding carboxylic acids is 1. The zero-order chi connectivity index (χ0) is 15.6. The number of nitrogens with one attached hydrogen (secondary N) is 1. The van der Waals surface area contributed by atoms with E-state index in [1.165, 1.54) is 17.1 Å². The number of benzene rings is 1. The zero-order valence-corrected chi connectivity index (χ0v) is 15.0. The lowest BCUT2D eigenvalue weighted by atomic mass is 9.92. The van der Waals surface area contributed by atoms with Gasteiger partial charge >= 0.3 is 0 Å². The molecule has 3 fully saturated rings. The van der Waals surface area contributed by atoms with Gasteiger partial charge in [-0.05, 0) is 55.5 Å². The molecule has 0 aliphatic carbocycles. The summed E-state index contributed by atoms with van der Waals surface area (Å²) < 4.78 is 0.559. The maximum Gasteiger partial charge on any atom is 0.253 e. The molecule has 23 heavy (non-hydrogen) atoms. The number of hydrogen-bond donors (Lipinski definition) is 1. The van der Waals surface area contributed by atoms with Gasteiger partial charge < -0.3 is 10.2 Å². The molecule has 0 bridgehead atoms. The first-order valence-corrected chi connectivity index (χ1v) is 10.7. The van der Waals surface area contributed by atoms with Crippen molar-refractivity contribution in [1.29, 1.82) is 0 Å². The first-order valence-electron chi connectivity index (χ1n) is 8.64.